The van der Waals surface area contributed by atoms with Crippen LogP contribution in [-0.4, -0.2) is 56.6 Å². The number of anilines is 1. The molecule has 0 saturated heterocycles. The molecule has 0 saturated carbocycles. The van der Waals surface area contributed by atoms with Gasteiger partial charge in [-0.2, -0.15) is 9.57 Å². The Bertz CT molecular complexity index is 952. The highest BCUT2D eigenvalue weighted by Crippen LogP contribution is 2.27. The van der Waals surface area contributed by atoms with Gasteiger partial charge in [0, 0.05) is 31.4 Å². The van der Waals surface area contributed by atoms with E-state index in [1.165, 1.54) is 0 Å². The van der Waals surface area contributed by atoms with E-state index in [9.17, 15) is 13.7 Å². The van der Waals surface area contributed by atoms with E-state index in [1.54, 1.807) is 16.4 Å². The second-order valence-corrected chi connectivity index (χ2v) is 9.41. The van der Waals surface area contributed by atoms with Gasteiger partial charge in [0.15, 0.2) is 0 Å². The van der Waals surface area contributed by atoms with Crippen molar-refractivity contribution in [2.45, 2.75) is 19.0 Å². The fraction of sp³-hybridized carbons (Fsp3) is 0.381. The van der Waals surface area contributed by atoms with Crippen molar-refractivity contribution in [3.63, 3.8) is 0 Å². The van der Waals surface area contributed by atoms with Crippen molar-refractivity contribution in [3.05, 3.63) is 65.2 Å². The van der Waals surface area contributed by atoms with Gasteiger partial charge in [-0.1, -0.05) is 30.3 Å². The molecular weight excluding hydrogens is 372 g/mol. The Kier molecular flexibility index (Phi) is 6.35. The molecule has 28 heavy (non-hydrogen) atoms. The van der Waals surface area contributed by atoms with Crippen LogP contribution in [0.25, 0.3) is 0 Å². The Morgan fingerprint density at radius 2 is 1.96 bits per heavy atom. The number of nitriles is 1. The number of nitrogens with zero attached hydrogens (tertiary/aromatic N) is 3. The van der Waals surface area contributed by atoms with E-state index < -0.39 is 10.0 Å². The summed E-state index contributed by atoms with van der Waals surface area (Å²) >= 11 is 0. The Morgan fingerprint density at radius 1 is 1.21 bits per heavy atom. The predicted octanol–water partition coefficient (Wildman–Crippen LogP) is 2.29. The topological polar surface area (TPSA) is 76.4 Å². The zero-order valence-corrected chi connectivity index (χ0v) is 17.1. The first kappa shape index (κ1) is 20.3. The maximum Gasteiger partial charge on any atom is 0.215 e. The summed E-state index contributed by atoms with van der Waals surface area (Å²) in [7, 11) is 0.276. The van der Waals surface area contributed by atoms with Crippen LogP contribution >= 0.6 is 0 Å². The summed E-state index contributed by atoms with van der Waals surface area (Å²) in [4.78, 5) is 1.88. The SMILES string of the molecule is CN(C)CCS(=O)(=O)N1Cc2cc(C#N)ccc2NC[C@H]1Cc1ccccc1. The molecule has 3 rings (SSSR count). The lowest BCUT2D eigenvalue weighted by atomic mass is 10.1. The monoisotopic (exact) mass is 398 g/mol. The van der Waals surface area contributed by atoms with E-state index in [4.69, 9.17) is 0 Å². The van der Waals surface area contributed by atoms with Crippen molar-refractivity contribution in [3.8, 4) is 6.07 Å². The van der Waals surface area contributed by atoms with Gasteiger partial charge in [-0.25, -0.2) is 8.42 Å². The van der Waals surface area contributed by atoms with Crippen molar-refractivity contribution in [1.29, 1.82) is 5.26 Å². The summed E-state index contributed by atoms with van der Waals surface area (Å²) in [6.45, 7) is 1.26. The molecule has 0 fully saturated rings. The van der Waals surface area contributed by atoms with Gasteiger partial charge in [-0.05, 0) is 49.8 Å². The second-order valence-electron chi connectivity index (χ2n) is 7.37. The van der Waals surface area contributed by atoms with E-state index in [0.717, 1.165) is 16.8 Å². The van der Waals surface area contributed by atoms with E-state index in [-0.39, 0.29) is 18.3 Å². The zero-order chi connectivity index (χ0) is 20.1. The summed E-state index contributed by atoms with van der Waals surface area (Å²) in [5.74, 6) is 0.0680. The molecule has 0 aromatic heterocycles. The summed E-state index contributed by atoms with van der Waals surface area (Å²) < 4.78 is 28.0. The maximum absolute atomic E-state index is 13.2. The van der Waals surface area contributed by atoms with Gasteiger partial charge >= 0.3 is 0 Å². The fourth-order valence-corrected chi connectivity index (χ4v) is 5.16. The number of sulfonamides is 1. The highest BCUT2D eigenvalue weighted by atomic mass is 32.2. The normalized spacial score (nSPS) is 17.4. The van der Waals surface area contributed by atoms with E-state index in [2.05, 4.69) is 11.4 Å². The van der Waals surface area contributed by atoms with Crippen LogP contribution in [-0.2, 0) is 23.0 Å². The van der Waals surface area contributed by atoms with Gasteiger partial charge in [-0.3, -0.25) is 0 Å². The van der Waals surface area contributed by atoms with Crippen LogP contribution in [0.15, 0.2) is 48.5 Å². The first-order chi connectivity index (χ1) is 13.4. The summed E-state index contributed by atoms with van der Waals surface area (Å²) in [5.41, 5.74) is 3.36. The molecule has 1 aliphatic heterocycles. The van der Waals surface area contributed by atoms with Gasteiger partial charge in [0.2, 0.25) is 10.0 Å². The molecule has 1 heterocycles. The molecule has 0 radical (unpaired) electrons. The van der Waals surface area contributed by atoms with Crippen LogP contribution in [0.1, 0.15) is 16.7 Å². The number of rotatable bonds is 6. The van der Waals surface area contributed by atoms with Gasteiger partial charge in [0.25, 0.3) is 0 Å². The van der Waals surface area contributed by atoms with Crippen LogP contribution < -0.4 is 5.32 Å². The standard InChI is InChI=1S/C21H26N4O2S/c1-24(2)10-11-28(26,27)25-16-19-12-18(14-22)8-9-21(19)23-15-20(25)13-17-6-4-3-5-7-17/h3-9,12,20,23H,10-11,13,15-16H2,1-2H3/t20-/m1/s1. The third-order valence-electron chi connectivity index (χ3n) is 4.96. The highest BCUT2D eigenvalue weighted by Gasteiger charge is 2.33. The lowest BCUT2D eigenvalue weighted by Crippen LogP contribution is -2.45. The Labute approximate surface area is 167 Å². The van der Waals surface area contributed by atoms with Crippen LogP contribution in [0.5, 0.6) is 0 Å². The van der Waals surface area contributed by atoms with Crippen LogP contribution in [0.2, 0.25) is 0 Å². The number of fused-ring (bicyclic) bond motifs is 1. The van der Waals surface area contributed by atoms with Crippen LogP contribution in [0, 0.1) is 11.3 Å². The number of hydrogen-bond donors (Lipinski definition) is 1. The van der Waals surface area contributed by atoms with Gasteiger partial charge < -0.3 is 10.2 Å². The van der Waals surface area contributed by atoms with Crippen LogP contribution in [0.4, 0.5) is 5.69 Å². The minimum atomic E-state index is -3.46. The Balaban J connectivity index is 1.94. The van der Waals surface area contributed by atoms with E-state index in [0.29, 0.717) is 25.1 Å². The molecule has 6 nitrogen and oxygen atoms in total. The molecule has 0 unspecified atom stereocenters. The highest BCUT2D eigenvalue weighted by molar-refractivity contribution is 7.89. The summed E-state index contributed by atoms with van der Waals surface area (Å²) in [6, 6.07) is 17.3. The molecular formula is C21H26N4O2S. The number of hydrogen-bond acceptors (Lipinski definition) is 5. The molecule has 1 atom stereocenters. The second kappa shape index (κ2) is 8.74. The zero-order valence-electron chi connectivity index (χ0n) is 16.3. The average molecular weight is 399 g/mol. The summed E-state index contributed by atoms with van der Waals surface area (Å²) in [6.07, 6.45) is 0.633. The fourth-order valence-electron chi connectivity index (χ4n) is 3.39. The third kappa shape index (κ3) is 4.90. The Hall–Kier alpha value is -2.40. The van der Waals surface area contributed by atoms with Crippen molar-refractivity contribution in [2.24, 2.45) is 0 Å². The largest absolute Gasteiger partial charge is 0.383 e. The van der Waals surface area contributed by atoms with Crippen molar-refractivity contribution in [1.82, 2.24) is 9.21 Å². The van der Waals surface area contributed by atoms with Gasteiger partial charge in [0.05, 0.1) is 17.4 Å². The lowest BCUT2D eigenvalue weighted by molar-refractivity contribution is 0.322. The molecule has 2 aromatic rings. The molecule has 0 aliphatic carbocycles. The lowest BCUT2D eigenvalue weighted by Gasteiger charge is -2.29. The number of benzene rings is 2. The van der Waals surface area contributed by atoms with E-state index in [1.807, 2.05) is 55.4 Å². The molecule has 7 heteroatoms. The molecule has 2 aromatic carbocycles. The molecule has 0 spiro atoms. The Morgan fingerprint density at radius 3 is 2.64 bits per heavy atom. The first-order valence-electron chi connectivity index (χ1n) is 9.34. The summed E-state index contributed by atoms with van der Waals surface area (Å²) in [5, 5.41) is 12.6. The first-order valence-corrected chi connectivity index (χ1v) is 10.9. The minimum absolute atomic E-state index is 0.0680. The van der Waals surface area contributed by atoms with Crippen molar-refractivity contribution in [2.75, 3.05) is 38.3 Å². The van der Waals surface area contributed by atoms with Gasteiger partial charge in [-0.15, -0.1) is 0 Å². The van der Waals surface area contributed by atoms with Crippen molar-refractivity contribution < 1.29 is 8.42 Å². The molecule has 0 amide bonds. The van der Waals surface area contributed by atoms with E-state index >= 15 is 0 Å². The minimum Gasteiger partial charge on any atom is -0.383 e. The number of nitrogens with one attached hydrogen (secondary N) is 1. The predicted molar refractivity (Wildman–Crippen MR) is 111 cm³/mol. The average Bonchev–Trinajstić information content (AvgIpc) is 2.87. The quantitative estimate of drug-likeness (QED) is 0.808. The third-order valence-corrected chi connectivity index (χ3v) is 6.80. The molecule has 148 valence electrons. The van der Waals surface area contributed by atoms with Crippen molar-refractivity contribution >= 4 is 15.7 Å². The molecule has 1 aliphatic rings. The van der Waals surface area contributed by atoms with Gasteiger partial charge in [0.1, 0.15) is 0 Å². The maximum atomic E-state index is 13.2. The molecule has 0 bridgehead atoms. The smallest absolute Gasteiger partial charge is 0.215 e. The molecule has 1 N–H and O–H groups in total. The van der Waals surface area contributed by atoms with Crippen LogP contribution in [0.3, 0.4) is 0 Å².